The van der Waals surface area contributed by atoms with E-state index < -0.39 is 11.9 Å². The van der Waals surface area contributed by atoms with Crippen LogP contribution in [0.25, 0.3) is 0 Å². The SMILES string of the molecule is COc1ccc(NC(=O)C(CC(=O)[O-])Cc2ccc(Cl)cc2)cc1. The number of halogens is 1. The molecule has 1 N–H and O–H groups in total. The van der Waals surface area contributed by atoms with E-state index in [9.17, 15) is 14.7 Å². The molecule has 1 unspecified atom stereocenters. The number of carboxylic acid groups (broad SMARTS) is 1. The van der Waals surface area contributed by atoms with E-state index in [1.165, 1.54) is 0 Å². The van der Waals surface area contributed by atoms with Crippen molar-refractivity contribution >= 4 is 29.2 Å². The van der Waals surface area contributed by atoms with E-state index in [2.05, 4.69) is 5.32 Å². The van der Waals surface area contributed by atoms with Crippen molar-refractivity contribution in [2.24, 2.45) is 5.92 Å². The zero-order valence-electron chi connectivity index (χ0n) is 13.1. The van der Waals surface area contributed by atoms with E-state index in [4.69, 9.17) is 16.3 Å². The summed E-state index contributed by atoms with van der Waals surface area (Å²) in [7, 11) is 1.55. The number of methoxy groups -OCH3 is 1. The summed E-state index contributed by atoms with van der Waals surface area (Å²) in [6.45, 7) is 0. The van der Waals surface area contributed by atoms with Crippen molar-refractivity contribution in [2.75, 3.05) is 12.4 Å². The predicted octanol–water partition coefficient (Wildman–Crippen LogP) is 2.29. The molecule has 0 aliphatic heterocycles. The molecule has 1 amide bonds. The van der Waals surface area contributed by atoms with Gasteiger partial charge in [0, 0.05) is 22.6 Å². The van der Waals surface area contributed by atoms with Crippen LogP contribution in [-0.2, 0) is 16.0 Å². The number of benzene rings is 2. The second-order valence-electron chi connectivity index (χ2n) is 5.32. The Kier molecular flexibility index (Phi) is 6.21. The fraction of sp³-hybridized carbons (Fsp3) is 0.222. The largest absolute Gasteiger partial charge is 0.550 e. The molecule has 24 heavy (non-hydrogen) atoms. The molecule has 0 aromatic heterocycles. The van der Waals surface area contributed by atoms with Gasteiger partial charge in [-0.3, -0.25) is 4.79 Å². The molecular formula is C18H17ClNO4-. The van der Waals surface area contributed by atoms with Crippen LogP contribution in [0.4, 0.5) is 5.69 Å². The van der Waals surface area contributed by atoms with Crippen molar-refractivity contribution in [2.45, 2.75) is 12.8 Å². The number of anilines is 1. The lowest BCUT2D eigenvalue weighted by atomic mass is 9.95. The van der Waals surface area contributed by atoms with E-state index in [0.29, 0.717) is 16.5 Å². The van der Waals surface area contributed by atoms with Gasteiger partial charge in [0.1, 0.15) is 5.75 Å². The smallest absolute Gasteiger partial charge is 0.228 e. The maximum Gasteiger partial charge on any atom is 0.228 e. The van der Waals surface area contributed by atoms with Gasteiger partial charge in [-0.2, -0.15) is 0 Å². The topological polar surface area (TPSA) is 78.5 Å². The average molecular weight is 347 g/mol. The molecular weight excluding hydrogens is 330 g/mol. The van der Waals surface area contributed by atoms with Crippen LogP contribution in [0.15, 0.2) is 48.5 Å². The van der Waals surface area contributed by atoms with Crippen LogP contribution in [0, 0.1) is 5.92 Å². The highest BCUT2D eigenvalue weighted by Gasteiger charge is 2.19. The Hall–Kier alpha value is -2.53. The van der Waals surface area contributed by atoms with Gasteiger partial charge in [0.25, 0.3) is 0 Å². The first-order chi connectivity index (χ1) is 11.5. The molecule has 0 aliphatic rings. The van der Waals surface area contributed by atoms with Crippen molar-refractivity contribution < 1.29 is 19.4 Å². The van der Waals surface area contributed by atoms with Gasteiger partial charge in [-0.1, -0.05) is 23.7 Å². The quantitative estimate of drug-likeness (QED) is 0.834. The number of hydrogen-bond acceptors (Lipinski definition) is 4. The second-order valence-corrected chi connectivity index (χ2v) is 5.76. The maximum absolute atomic E-state index is 12.4. The van der Waals surface area contributed by atoms with E-state index in [1.54, 1.807) is 55.6 Å². The van der Waals surface area contributed by atoms with E-state index in [1.807, 2.05) is 0 Å². The first-order valence-corrected chi connectivity index (χ1v) is 7.75. The van der Waals surface area contributed by atoms with Gasteiger partial charge in [0.15, 0.2) is 0 Å². The van der Waals surface area contributed by atoms with Gasteiger partial charge in [-0.15, -0.1) is 0 Å². The highest BCUT2D eigenvalue weighted by Crippen LogP contribution is 2.19. The first-order valence-electron chi connectivity index (χ1n) is 7.37. The number of carboxylic acids is 1. The Labute approximate surface area is 145 Å². The molecule has 0 spiro atoms. The van der Waals surface area contributed by atoms with Crippen molar-refractivity contribution in [1.29, 1.82) is 0 Å². The summed E-state index contributed by atoms with van der Waals surface area (Å²) < 4.78 is 5.05. The number of carbonyl (C=O) groups excluding carboxylic acids is 2. The molecule has 1 atom stereocenters. The van der Waals surface area contributed by atoms with Crippen LogP contribution >= 0.6 is 11.6 Å². The predicted molar refractivity (Wildman–Crippen MR) is 89.9 cm³/mol. The fourth-order valence-corrected chi connectivity index (χ4v) is 2.41. The molecule has 0 radical (unpaired) electrons. The van der Waals surface area contributed by atoms with Gasteiger partial charge in [-0.25, -0.2) is 0 Å². The Balaban J connectivity index is 2.08. The molecule has 2 aromatic rings. The van der Waals surface area contributed by atoms with Gasteiger partial charge in [-0.05, 0) is 54.8 Å². The summed E-state index contributed by atoms with van der Waals surface area (Å²) in [4.78, 5) is 23.4. The molecule has 5 nitrogen and oxygen atoms in total. The summed E-state index contributed by atoms with van der Waals surface area (Å²) in [5, 5.41) is 14.3. The van der Waals surface area contributed by atoms with Crippen LogP contribution in [0.1, 0.15) is 12.0 Å². The van der Waals surface area contributed by atoms with Gasteiger partial charge >= 0.3 is 0 Å². The monoisotopic (exact) mass is 346 g/mol. The molecule has 6 heteroatoms. The fourth-order valence-electron chi connectivity index (χ4n) is 2.28. The van der Waals surface area contributed by atoms with Crippen molar-refractivity contribution in [3.05, 3.63) is 59.1 Å². The molecule has 0 saturated heterocycles. The lowest BCUT2D eigenvalue weighted by Crippen LogP contribution is -2.32. The maximum atomic E-state index is 12.4. The molecule has 2 rings (SSSR count). The number of amides is 1. The summed E-state index contributed by atoms with van der Waals surface area (Å²) in [5.74, 6) is -1.71. The molecule has 126 valence electrons. The second kappa shape index (κ2) is 8.36. The first kappa shape index (κ1) is 17.8. The lowest BCUT2D eigenvalue weighted by Gasteiger charge is -2.17. The number of ether oxygens (including phenoxy) is 1. The van der Waals surface area contributed by atoms with Gasteiger partial charge in [0.2, 0.25) is 5.91 Å². The third-order valence-corrected chi connectivity index (χ3v) is 3.79. The Morgan fingerprint density at radius 1 is 1.12 bits per heavy atom. The van der Waals surface area contributed by atoms with Gasteiger partial charge in [0.05, 0.1) is 7.11 Å². The highest BCUT2D eigenvalue weighted by molar-refractivity contribution is 6.30. The summed E-state index contributed by atoms with van der Waals surface area (Å²) in [6, 6.07) is 13.7. The number of nitrogens with one attached hydrogen (secondary N) is 1. The minimum atomic E-state index is -1.26. The third kappa shape index (κ3) is 5.28. The molecule has 0 aliphatic carbocycles. The Morgan fingerprint density at radius 2 is 1.75 bits per heavy atom. The highest BCUT2D eigenvalue weighted by atomic mass is 35.5. The van der Waals surface area contributed by atoms with Crippen LogP contribution in [0.3, 0.4) is 0 Å². The molecule has 2 aromatic carbocycles. The number of aliphatic carboxylic acids is 1. The zero-order chi connectivity index (χ0) is 17.5. The lowest BCUT2D eigenvalue weighted by molar-refractivity contribution is -0.306. The van der Waals surface area contributed by atoms with Crippen LogP contribution in [-0.4, -0.2) is 19.0 Å². The van der Waals surface area contributed by atoms with Crippen LogP contribution in [0.2, 0.25) is 5.02 Å². The Bertz CT molecular complexity index is 698. The van der Waals surface area contributed by atoms with Gasteiger partial charge < -0.3 is 20.0 Å². The van der Waals surface area contributed by atoms with E-state index >= 15 is 0 Å². The normalized spacial score (nSPS) is 11.6. The number of rotatable bonds is 7. The molecule has 0 heterocycles. The summed E-state index contributed by atoms with van der Waals surface area (Å²) in [6.07, 6.45) is -0.0717. The minimum Gasteiger partial charge on any atom is -0.550 e. The van der Waals surface area contributed by atoms with Crippen molar-refractivity contribution in [3.8, 4) is 5.75 Å². The molecule has 0 bridgehead atoms. The van der Waals surface area contributed by atoms with E-state index in [0.717, 1.165) is 5.56 Å². The van der Waals surface area contributed by atoms with E-state index in [-0.39, 0.29) is 18.7 Å². The number of hydrogen-bond donors (Lipinski definition) is 1. The third-order valence-electron chi connectivity index (χ3n) is 3.54. The standard InChI is InChI=1S/C18H18ClNO4/c1-24-16-8-6-15(7-9-16)20-18(23)13(11-17(21)22)10-12-2-4-14(19)5-3-12/h2-9,13H,10-11H2,1H3,(H,20,23)(H,21,22)/p-1. The minimum absolute atomic E-state index is 0.285. The Morgan fingerprint density at radius 3 is 2.29 bits per heavy atom. The van der Waals surface area contributed by atoms with Crippen molar-refractivity contribution in [3.63, 3.8) is 0 Å². The molecule has 0 fully saturated rings. The zero-order valence-corrected chi connectivity index (χ0v) is 13.9. The van der Waals surface area contributed by atoms with Crippen LogP contribution in [0.5, 0.6) is 5.75 Å². The summed E-state index contributed by atoms with van der Waals surface area (Å²) >= 11 is 5.83. The average Bonchev–Trinajstić information content (AvgIpc) is 2.56. The molecule has 0 saturated carbocycles. The summed E-state index contributed by atoms with van der Waals surface area (Å²) in [5.41, 5.74) is 1.40. The van der Waals surface area contributed by atoms with Crippen molar-refractivity contribution in [1.82, 2.24) is 0 Å². The number of carbonyl (C=O) groups is 2. The van der Waals surface area contributed by atoms with Crippen LogP contribution < -0.4 is 15.2 Å².